The van der Waals surface area contributed by atoms with Gasteiger partial charge in [0.25, 0.3) is 0 Å². The fourth-order valence-electron chi connectivity index (χ4n) is 9.53. The topological polar surface area (TPSA) is 106 Å². The van der Waals surface area contributed by atoms with Crippen molar-refractivity contribution in [1.82, 2.24) is 20.2 Å². The Morgan fingerprint density at radius 2 is 1.89 bits per heavy atom. The zero-order valence-corrected chi connectivity index (χ0v) is 30.4. The van der Waals surface area contributed by atoms with Crippen molar-refractivity contribution in [2.45, 2.75) is 66.8 Å². The van der Waals surface area contributed by atoms with Crippen LogP contribution in [0.1, 0.15) is 37.7 Å². The summed E-state index contributed by atoms with van der Waals surface area (Å²) < 4.78 is 92.9. The summed E-state index contributed by atoms with van der Waals surface area (Å²) in [6, 6.07) is 14.6. The highest BCUT2D eigenvalue weighted by Gasteiger charge is 2.50. The monoisotopic (exact) mass is 767 g/mol. The molecule has 282 valence electrons. The number of ether oxygens (including phenoxy) is 2. The summed E-state index contributed by atoms with van der Waals surface area (Å²) in [5.41, 5.74) is -0.709. The zero-order valence-electron chi connectivity index (χ0n) is 29.6. The fraction of sp³-hybridized carbons (Fsp3) is 0.366. The van der Waals surface area contributed by atoms with Gasteiger partial charge in [-0.25, -0.2) is 13.2 Å². The number of fused-ring (bicyclic) bond motifs is 7. The summed E-state index contributed by atoms with van der Waals surface area (Å²) in [6.45, 7) is 2.15. The molecule has 5 aliphatic heterocycles. The van der Waals surface area contributed by atoms with Gasteiger partial charge in [0.15, 0.2) is 5.82 Å². The first-order valence-corrected chi connectivity index (χ1v) is 20.0. The minimum atomic E-state index is -4.32. The van der Waals surface area contributed by atoms with E-state index >= 15 is 8.78 Å². The van der Waals surface area contributed by atoms with E-state index in [2.05, 4.69) is 26.0 Å². The molecule has 0 spiro atoms. The summed E-state index contributed by atoms with van der Waals surface area (Å²) in [5, 5.41) is 4.54. The van der Waals surface area contributed by atoms with Gasteiger partial charge < -0.3 is 23.9 Å². The fourth-order valence-corrected chi connectivity index (χ4v) is 10.5. The largest absolute Gasteiger partial charge is 0.491 e. The number of nitrogens with zero attached hydrogens (tertiary/aromatic N) is 4. The van der Waals surface area contributed by atoms with Crippen molar-refractivity contribution in [3.05, 3.63) is 77.9 Å². The van der Waals surface area contributed by atoms with Gasteiger partial charge >= 0.3 is 16.1 Å². The molecule has 1 N–H and O–H groups in total. The lowest BCUT2D eigenvalue weighted by molar-refractivity contribution is 0.107. The molecule has 10 rings (SSSR count). The Labute approximate surface area is 315 Å². The predicted octanol–water partition coefficient (Wildman–Crippen LogP) is 6.13. The lowest BCUT2D eigenvalue weighted by atomic mass is 9.92. The van der Waals surface area contributed by atoms with E-state index in [4.69, 9.17) is 25.1 Å². The Morgan fingerprint density at radius 1 is 1.04 bits per heavy atom. The van der Waals surface area contributed by atoms with E-state index < -0.39 is 33.5 Å². The van der Waals surface area contributed by atoms with Crippen molar-refractivity contribution >= 4 is 37.6 Å². The molecule has 0 unspecified atom stereocenters. The molecule has 14 heteroatoms. The maximum Gasteiger partial charge on any atom is 0.339 e. The molecule has 0 aliphatic carbocycles. The van der Waals surface area contributed by atoms with Crippen LogP contribution in [0.25, 0.3) is 32.8 Å². The van der Waals surface area contributed by atoms with Crippen molar-refractivity contribution < 1.29 is 35.2 Å². The van der Waals surface area contributed by atoms with Crippen LogP contribution in [0.3, 0.4) is 0 Å². The summed E-state index contributed by atoms with van der Waals surface area (Å²) in [4.78, 5) is 13.8. The average molecular weight is 768 g/mol. The summed E-state index contributed by atoms with van der Waals surface area (Å²) in [6.07, 6.45) is 8.85. The van der Waals surface area contributed by atoms with Crippen LogP contribution in [0, 0.1) is 24.0 Å². The molecule has 5 aliphatic rings. The standard InChI is InChI=1S/C41H36F3N5O5S/c1-2-28-31(43)11-9-23-15-26(54-55(50,51)27-7-4-3-5-8-27)16-29(35(23)28)30-17-34-36-38(37(30)44)46-40(53-22-41-13-6-14-48(41)19-24(42)18-41)47-39(36)49-20-25-10-12-32(45-25)33(49)21-52-34/h1,3-5,7-9,11,15-17,24-25,32-33,45H,6,10,12-14,18-22H2/t24-,25-,32+,33-,41+/m1/s1. The molecule has 6 heterocycles. The third kappa shape index (κ3) is 5.58. The summed E-state index contributed by atoms with van der Waals surface area (Å²) in [5.74, 6) is 1.53. The first-order valence-electron chi connectivity index (χ1n) is 18.6. The minimum absolute atomic E-state index is 0.0502. The molecule has 0 saturated carbocycles. The van der Waals surface area contributed by atoms with Gasteiger partial charge in [-0.1, -0.05) is 30.2 Å². The third-order valence-electron chi connectivity index (χ3n) is 12.0. The Kier molecular flexibility index (Phi) is 7.96. The summed E-state index contributed by atoms with van der Waals surface area (Å²) >= 11 is 0. The number of alkyl halides is 1. The molecular formula is C41H36F3N5O5S. The average Bonchev–Trinajstić information content (AvgIpc) is 3.82. The van der Waals surface area contributed by atoms with E-state index in [1.165, 1.54) is 42.5 Å². The second kappa shape index (κ2) is 12.7. The zero-order chi connectivity index (χ0) is 37.6. The molecule has 10 nitrogen and oxygen atoms in total. The van der Waals surface area contributed by atoms with Gasteiger partial charge in [0.05, 0.1) is 22.5 Å². The van der Waals surface area contributed by atoms with E-state index in [-0.39, 0.29) is 75.6 Å². The number of nitrogens with one attached hydrogen (secondary N) is 1. The normalized spacial score (nSPS) is 25.7. The smallest absolute Gasteiger partial charge is 0.339 e. The molecule has 4 aromatic carbocycles. The van der Waals surface area contributed by atoms with Gasteiger partial charge in [-0.15, -0.1) is 6.42 Å². The lowest BCUT2D eigenvalue weighted by Gasteiger charge is -2.40. The first-order chi connectivity index (χ1) is 26.6. The van der Waals surface area contributed by atoms with Gasteiger partial charge in [-0.2, -0.15) is 18.4 Å². The quantitative estimate of drug-likeness (QED) is 0.154. The highest BCUT2D eigenvalue weighted by molar-refractivity contribution is 7.87. The van der Waals surface area contributed by atoms with Crippen molar-refractivity contribution in [2.24, 2.45) is 0 Å². The molecule has 4 fully saturated rings. The van der Waals surface area contributed by atoms with Crippen LogP contribution in [0.4, 0.5) is 19.0 Å². The van der Waals surface area contributed by atoms with E-state index in [0.717, 1.165) is 32.2 Å². The van der Waals surface area contributed by atoms with E-state index in [1.807, 2.05) is 0 Å². The van der Waals surface area contributed by atoms with Gasteiger partial charge in [-0.05, 0) is 79.6 Å². The van der Waals surface area contributed by atoms with E-state index in [9.17, 15) is 12.8 Å². The van der Waals surface area contributed by atoms with Crippen molar-refractivity contribution in [1.29, 1.82) is 0 Å². The number of anilines is 1. The number of halogens is 3. The highest BCUT2D eigenvalue weighted by Crippen LogP contribution is 2.47. The number of hydrogen-bond acceptors (Lipinski definition) is 10. The van der Waals surface area contributed by atoms with Crippen molar-refractivity contribution in [2.75, 3.05) is 37.7 Å². The Hall–Kier alpha value is -5.10. The number of terminal acetylenes is 1. The molecule has 5 atom stereocenters. The van der Waals surface area contributed by atoms with Crippen LogP contribution in [0.5, 0.6) is 17.5 Å². The van der Waals surface area contributed by atoms with Crippen LogP contribution in [-0.4, -0.2) is 86.0 Å². The second-order valence-corrected chi connectivity index (χ2v) is 16.8. The number of rotatable bonds is 7. The Bertz CT molecular complexity index is 2550. The Morgan fingerprint density at radius 3 is 2.73 bits per heavy atom. The molecule has 4 saturated heterocycles. The van der Waals surface area contributed by atoms with Crippen LogP contribution in [0.2, 0.25) is 0 Å². The molecule has 55 heavy (non-hydrogen) atoms. The minimum Gasteiger partial charge on any atom is -0.491 e. The maximum atomic E-state index is 17.6. The van der Waals surface area contributed by atoms with Crippen molar-refractivity contribution in [3.8, 4) is 41.0 Å². The van der Waals surface area contributed by atoms with E-state index in [0.29, 0.717) is 41.9 Å². The molecule has 0 amide bonds. The van der Waals surface area contributed by atoms with Crippen LogP contribution in [0.15, 0.2) is 65.6 Å². The second-order valence-electron chi connectivity index (χ2n) is 15.2. The van der Waals surface area contributed by atoms with Crippen LogP contribution < -0.4 is 23.9 Å². The molecule has 0 radical (unpaired) electrons. The van der Waals surface area contributed by atoms with E-state index in [1.54, 1.807) is 18.2 Å². The first kappa shape index (κ1) is 34.4. The van der Waals surface area contributed by atoms with Gasteiger partial charge in [0, 0.05) is 42.5 Å². The SMILES string of the molecule is C#Cc1c(F)ccc2cc(OS(=O)(=O)c3ccccc3)cc(-c3cc4c5c(nc(OC[C@@]67CCCN6C[C@H](F)C7)nc5c3F)N3C[C@H]5CC[C@H](N5)[C@H]3CO4)c12. The molecular weight excluding hydrogens is 732 g/mol. The number of aromatic nitrogens is 2. The number of piperazine rings is 1. The third-order valence-corrected chi connectivity index (χ3v) is 13.3. The number of benzene rings is 4. The predicted molar refractivity (Wildman–Crippen MR) is 200 cm³/mol. The lowest BCUT2D eigenvalue weighted by Crippen LogP contribution is -2.60. The molecule has 5 aromatic rings. The van der Waals surface area contributed by atoms with Gasteiger partial charge in [0.2, 0.25) is 0 Å². The Balaban J connectivity index is 1.17. The van der Waals surface area contributed by atoms with Gasteiger partial charge in [0.1, 0.15) is 52.9 Å². The number of hydrogen-bond donors (Lipinski definition) is 1. The van der Waals surface area contributed by atoms with Gasteiger partial charge in [-0.3, -0.25) is 4.90 Å². The van der Waals surface area contributed by atoms with Crippen molar-refractivity contribution in [3.63, 3.8) is 0 Å². The summed E-state index contributed by atoms with van der Waals surface area (Å²) in [7, 11) is -4.32. The van der Waals surface area contributed by atoms with Crippen LogP contribution in [-0.2, 0) is 10.1 Å². The molecule has 2 bridgehead atoms. The molecule has 1 aromatic heterocycles. The van der Waals surface area contributed by atoms with Crippen LogP contribution >= 0.6 is 0 Å². The maximum absolute atomic E-state index is 17.6. The highest BCUT2D eigenvalue weighted by atomic mass is 32.2.